The normalized spacial score (nSPS) is 21.1. The third-order valence-electron chi connectivity index (χ3n) is 2.49. The van der Waals surface area contributed by atoms with Crippen molar-refractivity contribution >= 4 is 21.8 Å². The van der Waals surface area contributed by atoms with Crippen molar-refractivity contribution in [3.8, 4) is 0 Å². The monoisotopic (exact) mass is 271 g/mol. The van der Waals surface area contributed by atoms with Crippen molar-refractivity contribution in [2.45, 2.75) is 17.8 Å². The molecule has 1 fully saturated rings. The number of nitrogens with zero attached hydrogens (tertiary/aromatic N) is 1. The van der Waals surface area contributed by atoms with Crippen LogP contribution >= 0.6 is 15.9 Å². The van der Waals surface area contributed by atoms with E-state index in [4.69, 9.17) is 0 Å². The third kappa shape index (κ3) is 2.37. The maximum atomic E-state index is 12.9. The number of halogens is 2. The Hall–Kier alpha value is -0.900. The van der Waals surface area contributed by atoms with Crippen LogP contribution in [0.4, 0.5) is 4.39 Å². The molecule has 1 aliphatic heterocycles. The second kappa shape index (κ2) is 4.31. The summed E-state index contributed by atoms with van der Waals surface area (Å²) in [6.45, 7) is 1.24. The quantitative estimate of drug-likeness (QED) is 0.757. The second-order valence-electron chi connectivity index (χ2n) is 3.65. The van der Waals surface area contributed by atoms with E-state index in [0.717, 1.165) is 18.5 Å². The van der Waals surface area contributed by atoms with Crippen molar-refractivity contribution in [2.75, 3.05) is 6.54 Å². The van der Waals surface area contributed by atoms with Crippen LogP contribution in [0, 0.1) is 5.82 Å². The molecule has 1 unspecified atom stereocenters. The van der Waals surface area contributed by atoms with Gasteiger partial charge in [-0.05, 0) is 24.1 Å². The van der Waals surface area contributed by atoms with Crippen LogP contribution in [-0.4, -0.2) is 22.2 Å². The Bertz CT molecular complexity index is 383. The number of benzene rings is 1. The predicted molar refractivity (Wildman–Crippen MR) is 59.1 cm³/mol. The lowest BCUT2D eigenvalue weighted by Crippen LogP contribution is -2.26. The zero-order chi connectivity index (χ0) is 10.8. The van der Waals surface area contributed by atoms with Crippen LogP contribution in [0.25, 0.3) is 0 Å². The number of amides is 1. The number of alkyl halides is 1. The summed E-state index contributed by atoms with van der Waals surface area (Å²) in [5.41, 5.74) is 0.838. The largest absolute Gasteiger partial charge is 0.337 e. The fourth-order valence-electron chi connectivity index (χ4n) is 1.71. The van der Waals surface area contributed by atoms with Crippen molar-refractivity contribution in [3.05, 3.63) is 35.6 Å². The molecular weight excluding hydrogens is 261 g/mol. The van der Waals surface area contributed by atoms with Crippen LogP contribution in [0.2, 0.25) is 0 Å². The van der Waals surface area contributed by atoms with Gasteiger partial charge < -0.3 is 4.90 Å². The summed E-state index contributed by atoms with van der Waals surface area (Å²) in [7, 11) is 0. The highest BCUT2D eigenvalue weighted by atomic mass is 79.9. The lowest BCUT2D eigenvalue weighted by atomic mass is 10.2. The number of carbonyl (C=O) groups excluding carboxylic acids is 1. The average molecular weight is 272 g/mol. The standard InChI is InChI=1S/C11H11BrFNO/c12-10-4-5-14(11(10)15)7-8-2-1-3-9(13)6-8/h1-3,6,10H,4-5,7H2. The van der Waals surface area contributed by atoms with Gasteiger partial charge in [-0.15, -0.1) is 0 Å². The smallest absolute Gasteiger partial charge is 0.236 e. The number of hydrogen-bond acceptors (Lipinski definition) is 1. The fraction of sp³-hybridized carbons (Fsp3) is 0.364. The predicted octanol–water partition coefficient (Wildman–Crippen LogP) is 2.32. The third-order valence-corrected chi connectivity index (χ3v) is 3.34. The van der Waals surface area contributed by atoms with Crippen molar-refractivity contribution in [3.63, 3.8) is 0 Å². The SMILES string of the molecule is O=C1C(Br)CCN1Cc1cccc(F)c1. The zero-order valence-corrected chi connectivity index (χ0v) is 9.71. The molecule has 0 aromatic heterocycles. The number of rotatable bonds is 2. The van der Waals surface area contributed by atoms with E-state index in [1.54, 1.807) is 11.0 Å². The molecule has 0 aliphatic carbocycles. The molecule has 0 spiro atoms. The Labute approximate surface area is 96.2 Å². The van der Waals surface area contributed by atoms with E-state index in [0.29, 0.717) is 6.54 Å². The van der Waals surface area contributed by atoms with Crippen molar-refractivity contribution in [1.29, 1.82) is 0 Å². The van der Waals surface area contributed by atoms with Crippen LogP contribution in [0.5, 0.6) is 0 Å². The van der Waals surface area contributed by atoms with Gasteiger partial charge in [-0.25, -0.2) is 4.39 Å². The molecule has 15 heavy (non-hydrogen) atoms. The first kappa shape index (κ1) is 10.6. The minimum Gasteiger partial charge on any atom is -0.337 e. The molecular formula is C11H11BrFNO. The van der Waals surface area contributed by atoms with Gasteiger partial charge in [0.05, 0.1) is 4.83 Å². The van der Waals surface area contributed by atoms with Gasteiger partial charge in [0.2, 0.25) is 5.91 Å². The van der Waals surface area contributed by atoms with E-state index in [2.05, 4.69) is 15.9 Å². The number of hydrogen-bond donors (Lipinski definition) is 0. The fourth-order valence-corrected chi connectivity index (χ4v) is 2.21. The summed E-state index contributed by atoms with van der Waals surface area (Å²) in [5.74, 6) is -0.159. The Morgan fingerprint density at radius 3 is 2.93 bits per heavy atom. The van der Waals surface area contributed by atoms with Gasteiger partial charge >= 0.3 is 0 Å². The van der Waals surface area contributed by atoms with Crippen molar-refractivity contribution < 1.29 is 9.18 Å². The summed E-state index contributed by atoms with van der Waals surface area (Å²) in [6, 6.07) is 6.37. The van der Waals surface area contributed by atoms with Gasteiger partial charge in [-0.1, -0.05) is 28.1 Å². The molecule has 1 saturated heterocycles. The van der Waals surface area contributed by atoms with Crippen LogP contribution in [0.1, 0.15) is 12.0 Å². The Kier molecular flexibility index (Phi) is 3.05. The molecule has 80 valence electrons. The highest BCUT2D eigenvalue weighted by Crippen LogP contribution is 2.20. The van der Waals surface area contributed by atoms with E-state index >= 15 is 0 Å². The molecule has 0 saturated carbocycles. The summed E-state index contributed by atoms with van der Waals surface area (Å²) in [6.07, 6.45) is 0.828. The molecule has 1 aromatic carbocycles. The Morgan fingerprint density at radius 1 is 1.53 bits per heavy atom. The van der Waals surface area contributed by atoms with Gasteiger partial charge in [0, 0.05) is 13.1 Å². The van der Waals surface area contributed by atoms with Gasteiger partial charge in [0.15, 0.2) is 0 Å². The minimum absolute atomic E-state index is 0.0638. The topological polar surface area (TPSA) is 20.3 Å². The van der Waals surface area contributed by atoms with Crippen LogP contribution in [-0.2, 0) is 11.3 Å². The molecule has 1 atom stereocenters. The Balaban J connectivity index is 2.06. The van der Waals surface area contributed by atoms with E-state index < -0.39 is 0 Å². The summed E-state index contributed by atoms with van der Waals surface area (Å²) < 4.78 is 12.9. The first-order valence-electron chi connectivity index (χ1n) is 4.84. The molecule has 1 heterocycles. The Morgan fingerprint density at radius 2 is 2.33 bits per heavy atom. The summed E-state index contributed by atoms with van der Waals surface area (Å²) >= 11 is 3.31. The van der Waals surface area contributed by atoms with Gasteiger partial charge in [0.25, 0.3) is 0 Å². The van der Waals surface area contributed by atoms with Crippen molar-refractivity contribution in [1.82, 2.24) is 4.90 Å². The molecule has 1 amide bonds. The zero-order valence-electron chi connectivity index (χ0n) is 8.12. The lowest BCUT2D eigenvalue weighted by molar-refractivity contribution is -0.127. The summed E-state index contributed by atoms with van der Waals surface area (Å²) in [4.78, 5) is 13.3. The highest BCUT2D eigenvalue weighted by Gasteiger charge is 2.28. The molecule has 2 rings (SSSR count). The van der Waals surface area contributed by atoms with Crippen LogP contribution in [0.15, 0.2) is 24.3 Å². The molecule has 4 heteroatoms. The van der Waals surface area contributed by atoms with E-state index in [1.165, 1.54) is 12.1 Å². The first-order chi connectivity index (χ1) is 7.16. The van der Waals surface area contributed by atoms with Crippen molar-refractivity contribution in [2.24, 2.45) is 0 Å². The molecule has 0 radical (unpaired) electrons. The van der Waals surface area contributed by atoms with E-state index in [9.17, 15) is 9.18 Å². The average Bonchev–Trinajstić information content (AvgIpc) is 2.50. The van der Waals surface area contributed by atoms with E-state index in [-0.39, 0.29) is 16.6 Å². The van der Waals surface area contributed by atoms with Crippen LogP contribution in [0.3, 0.4) is 0 Å². The minimum atomic E-state index is -0.255. The van der Waals surface area contributed by atoms with E-state index in [1.807, 2.05) is 6.07 Å². The van der Waals surface area contributed by atoms with Gasteiger partial charge in [-0.2, -0.15) is 0 Å². The van der Waals surface area contributed by atoms with Gasteiger partial charge in [0.1, 0.15) is 5.82 Å². The molecule has 0 N–H and O–H groups in total. The molecule has 1 aromatic rings. The molecule has 1 aliphatic rings. The molecule has 0 bridgehead atoms. The first-order valence-corrected chi connectivity index (χ1v) is 5.75. The second-order valence-corrected chi connectivity index (χ2v) is 4.75. The summed E-state index contributed by atoms with van der Waals surface area (Å²) in [5, 5.41) is 0. The number of likely N-dealkylation sites (tertiary alicyclic amines) is 1. The van der Waals surface area contributed by atoms with Gasteiger partial charge in [-0.3, -0.25) is 4.79 Å². The highest BCUT2D eigenvalue weighted by molar-refractivity contribution is 9.10. The number of carbonyl (C=O) groups is 1. The maximum absolute atomic E-state index is 12.9. The lowest BCUT2D eigenvalue weighted by Gasteiger charge is -2.15. The maximum Gasteiger partial charge on any atom is 0.236 e. The molecule has 2 nitrogen and oxygen atoms in total. The van der Waals surface area contributed by atoms with Crippen LogP contribution < -0.4 is 0 Å².